The molecule has 0 aliphatic heterocycles. The zero-order valence-electron chi connectivity index (χ0n) is 16.7. The summed E-state index contributed by atoms with van der Waals surface area (Å²) in [5.74, 6) is -3.21. The van der Waals surface area contributed by atoms with Crippen LogP contribution in [-0.4, -0.2) is 44.6 Å². The van der Waals surface area contributed by atoms with Crippen molar-refractivity contribution in [3.8, 4) is 6.07 Å². The predicted octanol–water partition coefficient (Wildman–Crippen LogP) is 2.35. The lowest BCUT2D eigenvalue weighted by Crippen LogP contribution is -2.23. The molecule has 2 aromatic carbocycles. The van der Waals surface area contributed by atoms with Crippen LogP contribution in [0.2, 0.25) is 0 Å². The molecular formula is C22H18N2O7. The van der Waals surface area contributed by atoms with Crippen LogP contribution >= 0.6 is 0 Å². The van der Waals surface area contributed by atoms with Crippen molar-refractivity contribution < 1.29 is 33.4 Å². The fourth-order valence-corrected chi connectivity index (χ4v) is 2.43. The zero-order chi connectivity index (χ0) is 22.8. The molecule has 0 saturated carbocycles. The number of nitrogens with zero attached hydrogens (tertiary/aromatic N) is 1. The highest BCUT2D eigenvalue weighted by molar-refractivity contribution is 6.04. The van der Waals surface area contributed by atoms with Crippen molar-refractivity contribution in [3.05, 3.63) is 70.8 Å². The smallest absolute Gasteiger partial charge is 0.349 e. The van der Waals surface area contributed by atoms with Gasteiger partial charge in [0.1, 0.15) is 11.6 Å². The molecule has 158 valence electrons. The van der Waals surface area contributed by atoms with Crippen molar-refractivity contribution in [1.29, 1.82) is 5.26 Å². The molecule has 0 heterocycles. The molecule has 1 amide bonds. The van der Waals surface area contributed by atoms with Crippen molar-refractivity contribution in [2.24, 2.45) is 0 Å². The van der Waals surface area contributed by atoms with E-state index in [-0.39, 0.29) is 22.4 Å². The van der Waals surface area contributed by atoms with Gasteiger partial charge in [0.05, 0.1) is 31.0 Å². The van der Waals surface area contributed by atoms with E-state index in [1.165, 1.54) is 31.4 Å². The molecule has 9 nitrogen and oxygen atoms in total. The van der Waals surface area contributed by atoms with Crippen LogP contribution in [0.15, 0.2) is 54.1 Å². The second-order valence-corrected chi connectivity index (χ2v) is 5.95. The number of amides is 1. The standard InChI is InChI=1S/C22H18N2O7/c1-29-20(26)15-8-9-17(22(28)30-2)18(11-15)24-19(25)13-31-21(27)16(12-23)10-14-6-4-3-5-7-14/h3-11H,13H2,1-2H3,(H,24,25)/b16-10+. The Morgan fingerprint density at radius 3 is 2.29 bits per heavy atom. The van der Waals surface area contributed by atoms with Crippen LogP contribution in [0.25, 0.3) is 6.08 Å². The molecule has 0 atom stereocenters. The van der Waals surface area contributed by atoms with E-state index in [1.54, 1.807) is 36.4 Å². The third-order valence-electron chi connectivity index (χ3n) is 3.91. The van der Waals surface area contributed by atoms with Crippen molar-refractivity contribution in [1.82, 2.24) is 0 Å². The number of nitriles is 1. The Bertz CT molecular complexity index is 1070. The summed E-state index contributed by atoms with van der Waals surface area (Å²) in [5.41, 5.74) is 0.359. The van der Waals surface area contributed by atoms with Gasteiger partial charge in [-0.2, -0.15) is 5.26 Å². The third-order valence-corrected chi connectivity index (χ3v) is 3.91. The molecule has 0 aliphatic carbocycles. The fourth-order valence-electron chi connectivity index (χ4n) is 2.43. The SMILES string of the molecule is COC(=O)c1ccc(C(=O)OC)c(NC(=O)COC(=O)/C(C#N)=C/c2ccccc2)c1. The molecule has 2 aromatic rings. The van der Waals surface area contributed by atoms with Gasteiger partial charge in [-0.15, -0.1) is 0 Å². The van der Waals surface area contributed by atoms with E-state index in [9.17, 15) is 24.4 Å². The van der Waals surface area contributed by atoms with Gasteiger partial charge in [-0.25, -0.2) is 14.4 Å². The van der Waals surface area contributed by atoms with Crippen LogP contribution in [0, 0.1) is 11.3 Å². The Morgan fingerprint density at radius 1 is 1.00 bits per heavy atom. The van der Waals surface area contributed by atoms with Crippen LogP contribution in [0.1, 0.15) is 26.3 Å². The first-order chi connectivity index (χ1) is 14.9. The van der Waals surface area contributed by atoms with Gasteiger partial charge in [-0.3, -0.25) is 4.79 Å². The van der Waals surface area contributed by atoms with Gasteiger partial charge in [0, 0.05) is 0 Å². The lowest BCUT2D eigenvalue weighted by Gasteiger charge is -2.11. The van der Waals surface area contributed by atoms with Gasteiger partial charge >= 0.3 is 17.9 Å². The Labute approximate surface area is 177 Å². The van der Waals surface area contributed by atoms with Crippen LogP contribution in [0.4, 0.5) is 5.69 Å². The van der Waals surface area contributed by atoms with Crippen LogP contribution in [0.3, 0.4) is 0 Å². The van der Waals surface area contributed by atoms with Gasteiger partial charge in [-0.1, -0.05) is 30.3 Å². The Morgan fingerprint density at radius 2 is 1.68 bits per heavy atom. The number of esters is 3. The summed E-state index contributed by atoms with van der Waals surface area (Å²) in [4.78, 5) is 48.0. The van der Waals surface area contributed by atoms with Crippen molar-refractivity contribution in [2.45, 2.75) is 0 Å². The summed E-state index contributed by atoms with van der Waals surface area (Å²) in [7, 11) is 2.34. The Hall–Kier alpha value is -4.45. The number of nitrogens with one attached hydrogen (secondary N) is 1. The highest BCUT2D eigenvalue weighted by atomic mass is 16.5. The van der Waals surface area contributed by atoms with Crippen molar-refractivity contribution >= 4 is 35.6 Å². The minimum absolute atomic E-state index is 0.0171. The summed E-state index contributed by atoms with van der Waals surface area (Å²) in [6.45, 7) is -0.726. The molecule has 0 radical (unpaired) electrons. The first-order valence-corrected chi connectivity index (χ1v) is 8.84. The molecule has 0 spiro atoms. The minimum Gasteiger partial charge on any atom is -0.465 e. The Kier molecular flexibility index (Phi) is 8.04. The molecule has 0 saturated heterocycles. The van der Waals surface area contributed by atoms with Crippen molar-refractivity contribution in [3.63, 3.8) is 0 Å². The number of methoxy groups -OCH3 is 2. The first kappa shape index (κ1) is 22.8. The second-order valence-electron chi connectivity index (χ2n) is 5.95. The van der Waals surface area contributed by atoms with E-state index >= 15 is 0 Å². The topological polar surface area (TPSA) is 132 Å². The number of rotatable bonds is 7. The quantitative estimate of drug-likeness (QED) is 0.311. The maximum atomic E-state index is 12.2. The second kappa shape index (κ2) is 10.9. The zero-order valence-corrected chi connectivity index (χ0v) is 16.7. The first-order valence-electron chi connectivity index (χ1n) is 8.84. The number of benzene rings is 2. The van der Waals surface area contributed by atoms with E-state index < -0.39 is 30.4 Å². The number of carbonyl (C=O) groups excluding carboxylic acids is 4. The lowest BCUT2D eigenvalue weighted by atomic mass is 10.1. The van der Waals surface area contributed by atoms with Crippen LogP contribution < -0.4 is 5.32 Å². The monoisotopic (exact) mass is 422 g/mol. The van der Waals surface area contributed by atoms with Gasteiger partial charge in [0.25, 0.3) is 5.91 Å². The largest absolute Gasteiger partial charge is 0.465 e. The van der Waals surface area contributed by atoms with E-state index in [0.717, 1.165) is 7.11 Å². The number of hydrogen-bond acceptors (Lipinski definition) is 8. The van der Waals surface area contributed by atoms with Gasteiger partial charge in [-0.05, 0) is 29.8 Å². The van der Waals surface area contributed by atoms with E-state index in [1.807, 2.05) is 0 Å². The maximum absolute atomic E-state index is 12.2. The third kappa shape index (κ3) is 6.27. The number of ether oxygens (including phenoxy) is 3. The highest BCUT2D eigenvalue weighted by Crippen LogP contribution is 2.20. The molecule has 1 N–H and O–H groups in total. The molecule has 2 rings (SSSR count). The summed E-state index contributed by atoms with van der Waals surface area (Å²) in [6.07, 6.45) is 1.33. The lowest BCUT2D eigenvalue weighted by molar-refractivity contribution is -0.142. The normalized spacial score (nSPS) is 10.4. The molecular weight excluding hydrogens is 404 g/mol. The summed E-state index contributed by atoms with van der Waals surface area (Å²) in [6, 6.07) is 14.2. The maximum Gasteiger partial charge on any atom is 0.349 e. The van der Waals surface area contributed by atoms with E-state index in [2.05, 4.69) is 14.8 Å². The predicted molar refractivity (Wildman–Crippen MR) is 109 cm³/mol. The Balaban J connectivity index is 2.12. The fraction of sp³-hybridized carbons (Fsp3) is 0.136. The molecule has 0 fully saturated rings. The molecule has 9 heteroatoms. The van der Waals surface area contributed by atoms with Crippen molar-refractivity contribution in [2.75, 3.05) is 26.1 Å². The number of hydrogen-bond donors (Lipinski definition) is 1. The van der Waals surface area contributed by atoms with Crippen LogP contribution in [0.5, 0.6) is 0 Å². The summed E-state index contributed by atoms with van der Waals surface area (Å²) >= 11 is 0. The molecule has 0 bridgehead atoms. The minimum atomic E-state index is -0.988. The number of anilines is 1. The highest BCUT2D eigenvalue weighted by Gasteiger charge is 2.19. The molecule has 0 aliphatic rings. The summed E-state index contributed by atoms with van der Waals surface area (Å²) in [5, 5.41) is 11.6. The van der Waals surface area contributed by atoms with E-state index in [0.29, 0.717) is 5.56 Å². The molecule has 31 heavy (non-hydrogen) atoms. The van der Waals surface area contributed by atoms with Crippen LogP contribution in [-0.2, 0) is 23.8 Å². The average Bonchev–Trinajstić information content (AvgIpc) is 2.80. The summed E-state index contributed by atoms with van der Waals surface area (Å²) < 4.78 is 14.1. The van der Waals surface area contributed by atoms with E-state index in [4.69, 9.17) is 4.74 Å². The average molecular weight is 422 g/mol. The molecule has 0 aromatic heterocycles. The number of carbonyl (C=O) groups is 4. The van der Waals surface area contributed by atoms with Gasteiger partial charge in [0.2, 0.25) is 0 Å². The van der Waals surface area contributed by atoms with Gasteiger partial charge in [0.15, 0.2) is 6.61 Å². The molecule has 0 unspecified atom stereocenters. The van der Waals surface area contributed by atoms with Gasteiger partial charge < -0.3 is 19.5 Å².